The van der Waals surface area contributed by atoms with Gasteiger partial charge in [-0.1, -0.05) is 67.4 Å². The van der Waals surface area contributed by atoms with Gasteiger partial charge in [0.25, 0.3) is 0 Å². The van der Waals surface area contributed by atoms with Crippen molar-refractivity contribution in [2.75, 3.05) is 11.9 Å². The maximum atomic E-state index is 12.2. The molecule has 1 unspecified atom stereocenters. The van der Waals surface area contributed by atoms with Crippen LogP contribution in [0, 0.1) is 5.92 Å². The Hall–Kier alpha value is -4.00. The highest BCUT2D eigenvalue weighted by molar-refractivity contribution is 6.37. The normalized spacial score (nSPS) is 11.8. The van der Waals surface area contributed by atoms with E-state index in [9.17, 15) is 28.8 Å². The van der Waals surface area contributed by atoms with Gasteiger partial charge in [-0.15, -0.1) is 0 Å². The van der Waals surface area contributed by atoms with E-state index in [1.54, 1.807) is 24.3 Å². The first-order valence-corrected chi connectivity index (χ1v) is 12.9. The summed E-state index contributed by atoms with van der Waals surface area (Å²) in [6.07, 6.45) is -0.438. The maximum Gasteiger partial charge on any atom is 0.417 e. The summed E-state index contributed by atoms with van der Waals surface area (Å²) in [4.78, 5) is 68.6. The molecule has 2 atom stereocenters. The average molecular weight is 612 g/mol. The van der Waals surface area contributed by atoms with Gasteiger partial charge in [0.1, 0.15) is 25.4 Å². The van der Waals surface area contributed by atoms with Crippen LogP contribution in [-0.2, 0) is 35.3 Å². The quantitative estimate of drug-likeness (QED) is 0.213. The molecule has 12 nitrogen and oxygen atoms in total. The molecule has 2 rings (SSSR count). The molecule has 3 amide bonds. The second-order valence-corrected chi connectivity index (χ2v) is 9.86. The largest absolute Gasteiger partial charge is 0.480 e. The Balaban J connectivity index is 0.000000422. The van der Waals surface area contributed by atoms with Crippen LogP contribution in [0.2, 0.25) is 10.0 Å². The summed E-state index contributed by atoms with van der Waals surface area (Å²) in [5, 5.41) is 20.4. The molecular formula is C27H31Cl2N3O9. The number of nitrogens with zero attached hydrogens (tertiary/aromatic N) is 1. The van der Waals surface area contributed by atoms with E-state index < -0.39 is 48.4 Å². The molecule has 0 radical (unpaired) electrons. The van der Waals surface area contributed by atoms with E-state index in [4.69, 9.17) is 43.9 Å². The average Bonchev–Trinajstić information content (AvgIpc) is 2.89. The third kappa shape index (κ3) is 11.6. The summed E-state index contributed by atoms with van der Waals surface area (Å²) in [6, 6.07) is 10.7. The highest BCUT2D eigenvalue weighted by atomic mass is 35.5. The summed E-state index contributed by atoms with van der Waals surface area (Å²) in [6.45, 7) is 4.16. The van der Waals surface area contributed by atoms with Gasteiger partial charge >= 0.3 is 18.0 Å². The van der Waals surface area contributed by atoms with Crippen molar-refractivity contribution >= 4 is 65.0 Å². The molecule has 0 aromatic heterocycles. The van der Waals surface area contributed by atoms with Crippen LogP contribution < -0.4 is 11.1 Å². The number of benzene rings is 2. The van der Waals surface area contributed by atoms with Crippen LogP contribution in [0.4, 0.5) is 10.5 Å². The highest BCUT2D eigenvalue weighted by Gasteiger charge is 2.30. The minimum absolute atomic E-state index is 0.0260. The zero-order valence-corrected chi connectivity index (χ0v) is 24.0. The van der Waals surface area contributed by atoms with Crippen LogP contribution in [-0.4, -0.2) is 63.8 Å². The number of hydrogen-bond acceptors (Lipinski definition) is 8. The third-order valence-corrected chi connectivity index (χ3v) is 5.83. The smallest absolute Gasteiger partial charge is 0.417 e. The van der Waals surface area contributed by atoms with Gasteiger partial charge in [-0.25, -0.2) is 9.69 Å². The molecular weight excluding hydrogens is 581 g/mol. The van der Waals surface area contributed by atoms with E-state index in [1.165, 1.54) is 19.1 Å². The number of aliphatic carboxylic acids is 2. The summed E-state index contributed by atoms with van der Waals surface area (Å²) in [7, 11) is 0. The lowest BCUT2D eigenvalue weighted by Gasteiger charge is -2.22. The number of aldehydes is 1. The van der Waals surface area contributed by atoms with Crippen LogP contribution in [0.1, 0.15) is 44.2 Å². The fourth-order valence-corrected chi connectivity index (χ4v) is 3.89. The van der Waals surface area contributed by atoms with Crippen molar-refractivity contribution in [3.8, 4) is 0 Å². The van der Waals surface area contributed by atoms with Crippen molar-refractivity contribution in [1.82, 2.24) is 4.90 Å². The fourth-order valence-electron chi connectivity index (χ4n) is 3.40. The molecule has 0 fully saturated rings. The predicted octanol–water partition coefficient (Wildman–Crippen LogP) is 3.93. The van der Waals surface area contributed by atoms with Gasteiger partial charge in [0.05, 0.1) is 16.8 Å². The van der Waals surface area contributed by atoms with E-state index in [0.29, 0.717) is 11.3 Å². The van der Waals surface area contributed by atoms with Crippen molar-refractivity contribution in [2.45, 2.75) is 45.8 Å². The molecule has 0 saturated heterocycles. The van der Waals surface area contributed by atoms with Crippen molar-refractivity contribution in [1.29, 1.82) is 0 Å². The lowest BCUT2D eigenvalue weighted by atomic mass is 9.98. The Labute approximate surface area is 246 Å². The van der Waals surface area contributed by atoms with Crippen LogP contribution in [0.3, 0.4) is 0 Å². The number of halogens is 2. The summed E-state index contributed by atoms with van der Waals surface area (Å²) in [5.74, 6) is -5.24. The molecule has 222 valence electrons. The predicted molar refractivity (Wildman–Crippen MR) is 151 cm³/mol. The molecule has 0 aliphatic heterocycles. The SMILES string of the molecule is CC(=O)Nc1c(Cl)ccc(Cl)c1C(C=O)C(=O)O.CC(C)C[C@H](N)C(=O)N(CC(=O)O)C(=O)OCc1ccccc1. The molecule has 0 heterocycles. The van der Waals surface area contributed by atoms with E-state index >= 15 is 0 Å². The third-order valence-electron chi connectivity index (χ3n) is 5.18. The number of anilines is 1. The Morgan fingerprint density at radius 1 is 1.02 bits per heavy atom. The first-order chi connectivity index (χ1) is 19.2. The van der Waals surface area contributed by atoms with Crippen molar-refractivity contribution in [3.05, 3.63) is 63.6 Å². The number of rotatable bonds is 11. The zero-order valence-electron chi connectivity index (χ0n) is 22.5. The molecule has 0 aliphatic carbocycles. The fraction of sp³-hybridized carbons (Fsp3) is 0.333. The number of hydrogen-bond donors (Lipinski definition) is 4. The number of carbonyl (C=O) groups excluding carboxylic acids is 4. The van der Waals surface area contributed by atoms with E-state index in [1.807, 2.05) is 19.9 Å². The number of carboxylic acids is 2. The van der Waals surface area contributed by atoms with Crippen LogP contribution in [0.5, 0.6) is 0 Å². The Morgan fingerprint density at radius 3 is 2.10 bits per heavy atom. The monoisotopic (exact) mass is 611 g/mol. The molecule has 0 saturated carbocycles. The molecule has 5 N–H and O–H groups in total. The maximum absolute atomic E-state index is 12.2. The minimum Gasteiger partial charge on any atom is -0.480 e. The van der Waals surface area contributed by atoms with Gasteiger partial charge in [0, 0.05) is 17.5 Å². The topological polar surface area (TPSA) is 193 Å². The Kier molecular flexibility index (Phi) is 14.5. The van der Waals surface area contributed by atoms with Gasteiger partial charge < -0.3 is 30.8 Å². The number of nitrogens with two attached hydrogens (primary N) is 1. The van der Waals surface area contributed by atoms with E-state index in [-0.39, 0.29) is 40.1 Å². The number of amides is 3. The highest BCUT2D eigenvalue weighted by Crippen LogP contribution is 2.36. The minimum atomic E-state index is -1.49. The Bertz CT molecular complexity index is 1260. The summed E-state index contributed by atoms with van der Waals surface area (Å²) in [5.41, 5.74) is 6.49. The molecule has 2 aromatic carbocycles. The van der Waals surface area contributed by atoms with Crippen LogP contribution in [0.25, 0.3) is 0 Å². The molecule has 2 aromatic rings. The molecule has 0 aliphatic rings. The van der Waals surface area contributed by atoms with Gasteiger partial charge in [0.2, 0.25) is 11.8 Å². The Morgan fingerprint density at radius 2 is 1.61 bits per heavy atom. The first-order valence-electron chi connectivity index (χ1n) is 12.1. The summed E-state index contributed by atoms with van der Waals surface area (Å²) >= 11 is 11.7. The number of imide groups is 1. The molecule has 14 heteroatoms. The van der Waals surface area contributed by atoms with Gasteiger partial charge in [-0.05, 0) is 30.0 Å². The van der Waals surface area contributed by atoms with Crippen molar-refractivity contribution < 1.29 is 43.7 Å². The second kappa shape index (κ2) is 17.0. The lowest BCUT2D eigenvalue weighted by molar-refractivity contribution is -0.144. The summed E-state index contributed by atoms with van der Waals surface area (Å²) < 4.78 is 5.01. The number of nitrogens with one attached hydrogen (secondary N) is 1. The van der Waals surface area contributed by atoms with E-state index in [2.05, 4.69) is 5.32 Å². The lowest BCUT2D eigenvalue weighted by Crippen LogP contribution is -2.49. The number of carbonyl (C=O) groups is 6. The zero-order chi connectivity index (χ0) is 31.3. The standard InChI is InChI=1S/C16H22N2O5.C11H9Cl2NO4/c1-11(2)8-13(17)15(21)18(9-14(19)20)16(22)23-10-12-6-4-3-5-7-12;1-5(16)14-10-8(13)3-2-7(12)9(10)6(4-15)11(17)18/h3-7,11,13H,8-10,17H2,1-2H3,(H,19,20);2-4,6H,1H3,(H,14,16)(H,17,18)/t13-;/m0./s1. The molecule has 0 bridgehead atoms. The van der Waals surface area contributed by atoms with Gasteiger partial charge in [-0.3, -0.25) is 19.2 Å². The van der Waals surface area contributed by atoms with Gasteiger partial charge in [-0.2, -0.15) is 0 Å². The van der Waals surface area contributed by atoms with Crippen LogP contribution >= 0.6 is 23.2 Å². The van der Waals surface area contributed by atoms with Crippen molar-refractivity contribution in [2.24, 2.45) is 11.7 Å². The second-order valence-electron chi connectivity index (χ2n) is 9.05. The van der Waals surface area contributed by atoms with Crippen LogP contribution in [0.15, 0.2) is 42.5 Å². The number of carboxylic acid groups (broad SMARTS) is 2. The number of ether oxygens (including phenoxy) is 1. The van der Waals surface area contributed by atoms with E-state index in [0.717, 1.165) is 5.56 Å². The first kappa shape index (κ1) is 35.0. The van der Waals surface area contributed by atoms with Gasteiger partial charge in [0.15, 0.2) is 0 Å². The molecule has 41 heavy (non-hydrogen) atoms. The molecule has 0 spiro atoms. The van der Waals surface area contributed by atoms with Crippen molar-refractivity contribution in [3.63, 3.8) is 0 Å².